The summed E-state index contributed by atoms with van der Waals surface area (Å²) in [5.74, 6) is 1.03. The molecule has 0 saturated heterocycles. The Kier molecular flexibility index (Phi) is 7.65. The van der Waals surface area contributed by atoms with Crippen LogP contribution >= 0.6 is 0 Å². The number of nitrogens with zero attached hydrogens (tertiary/aromatic N) is 3. The number of pyridine rings is 2. The van der Waals surface area contributed by atoms with Gasteiger partial charge >= 0.3 is 0 Å². The third-order valence-electron chi connectivity index (χ3n) is 7.42. The zero-order valence-corrected chi connectivity index (χ0v) is 26.9. The van der Waals surface area contributed by atoms with Gasteiger partial charge in [0.2, 0.25) is 5.89 Å². The van der Waals surface area contributed by atoms with E-state index in [0.717, 1.165) is 55.5 Å². The van der Waals surface area contributed by atoms with Gasteiger partial charge in [-0.15, -0.1) is 54.1 Å². The molecule has 4 aromatic heterocycles. The Bertz CT molecular complexity index is 2320. The van der Waals surface area contributed by atoms with Crippen molar-refractivity contribution in [3.05, 3.63) is 139 Å². The fraction of sp³-hybridized carbons (Fsp3) is 0.103. The van der Waals surface area contributed by atoms with Gasteiger partial charge in [-0.2, -0.15) is 0 Å². The van der Waals surface area contributed by atoms with Gasteiger partial charge in [0.25, 0.3) is 0 Å². The van der Waals surface area contributed by atoms with Crippen molar-refractivity contribution < 1.29 is 33.1 Å². The molecule has 0 saturated carbocycles. The van der Waals surface area contributed by atoms with Crippen molar-refractivity contribution in [2.75, 3.05) is 0 Å². The van der Waals surface area contributed by atoms with Crippen molar-refractivity contribution in [2.24, 2.45) is 0 Å². The van der Waals surface area contributed by atoms with Crippen LogP contribution in [0.5, 0.6) is 0 Å². The standard InChI is InChI=1S/C27H19N2O2.C12H10N.Ir/c1-16(2)18-11-12-28-22(13-18)20-10-6-9-19-21-14-23-25(15-24(21)30-26(19)20)31-27(29-23)17-7-4-3-5-8-17;1-10-7-8-12(13-9-10)11-5-3-2-4-6-11;/h3-9,11-16H,1-2H3;2-5,7-9H,1H3;/q2*-1;/i;1D3;. The number of hydrogen-bond donors (Lipinski definition) is 0. The number of aromatic nitrogens is 3. The molecule has 0 spiro atoms. The Morgan fingerprint density at radius 2 is 1.62 bits per heavy atom. The van der Waals surface area contributed by atoms with Gasteiger partial charge in [-0.3, -0.25) is 0 Å². The maximum Gasteiger partial charge on any atom is 0.227 e. The minimum Gasteiger partial charge on any atom is -0.500 e. The summed E-state index contributed by atoms with van der Waals surface area (Å²) in [6.07, 6.45) is 3.24. The molecular formula is C39H29IrN3O2-2. The predicted octanol–water partition coefficient (Wildman–Crippen LogP) is 10.2. The fourth-order valence-electron chi connectivity index (χ4n) is 5.11. The fourth-order valence-corrected chi connectivity index (χ4v) is 5.11. The maximum absolute atomic E-state index is 7.23. The maximum atomic E-state index is 7.23. The van der Waals surface area contributed by atoms with Crippen LogP contribution in [0.2, 0.25) is 0 Å². The van der Waals surface area contributed by atoms with E-state index < -0.39 is 6.85 Å². The molecule has 0 fully saturated rings. The summed E-state index contributed by atoms with van der Waals surface area (Å²) in [6.45, 7) is 2.26. The van der Waals surface area contributed by atoms with Gasteiger partial charge < -0.3 is 18.8 Å². The van der Waals surface area contributed by atoms with Crippen LogP contribution in [-0.2, 0) is 20.1 Å². The van der Waals surface area contributed by atoms with Gasteiger partial charge in [0.15, 0.2) is 5.58 Å². The molecule has 1 radical (unpaired) electrons. The number of furan rings is 1. The van der Waals surface area contributed by atoms with E-state index in [4.69, 9.17) is 17.9 Å². The first-order valence-electron chi connectivity index (χ1n) is 15.9. The van der Waals surface area contributed by atoms with Crippen molar-refractivity contribution >= 4 is 33.0 Å². The molecule has 0 atom stereocenters. The molecule has 0 amide bonds. The summed E-state index contributed by atoms with van der Waals surface area (Å²) >= 11 is 0. The van der Waals surface area contributed by atoms with Crippen molar-refractivity contribution in [1.82, 2.24) is 15.0 Å². The van der Waals surface area contributed by atoms with E-state index >= 15 is 0 Å². The average molecular weight is 767 g/mol. The van der Waals surface area contributed by atoms with E-state index in [1.165, 1.54) is 11.8 Å². The normalized spacial score (nSPS) is 12.3. The van der Waals surface area contributed by atoms with Crippen LogP contribution in [0.25, 0.3) is 67.0 Å². The molecule has 0 bridgehead atoms. The van der Waals surface area contributed by atoms with Gasteiger partial charge in [-0.1, -0.05) is 66.8 Å². The Morgan fingerprint density at radius 3 is 2.38 bits per heavy atom. The van der Waals surface area contributed by atoms with Crippen LogP contribution in [0, 0.1) is 19.0 Å². The summed E-state index contributed by atoms with van der Waals surface area (Å²) in [6, 6.07) is 39.1. The molecule has 8 aromatic rings. The van der Waals surface area contributed by atoms with Gasteiger partial charge in [-0.05, 0) is 54.0 Å². The molecule has 223 valence electrons. The van der Waals surface area contributed by atoms with Crippen molar-refractivity contribution in [3.63, 3.8) is 0 Å². The number of benzene rings is 4. The summed E-state index contributed by atoms with van der Waals surface area (Å²) in [7, 11) is 0. The monoisotopic (exact) mass is 767 g/mol. The van der Waals surface area contributed by atoms with E-state index in [2.05, 4.69) is 48.1 Å². The quantitative estimate of drug-likeness (QED) is 0.167. The molecule has 0 aliphatic heterocycles. The Labute approximate surface area is 279 Å². The Balaban J connectivity index is 0.000000201. The first-order valence-corrected chi connectivity index (χ1v) is 14.4. The first kappa shape index (κ1) is 26.5. The molecule has 4 aromatic carbocycles. The summed E-state index contributed by atoms with van der Waals surface area (Å²) in [5, 5.41) is 2.03. The second-order valence-electron chi connectivity index (χ2n) is 10.7. The number of aryl methyl sites for hydroxylation is 1. The van der Waals surface area contributed by atoms with Crippen LogP contribution in [-0.4, -0.2) is 15.0 Å². The van der Waals surface area contributed by atoms with Crippen LogP contribution in [0.3, 0.4) is 0 Å². The minimum atomic E-state index is -2.09. The zero-order chi connectivity index (χ0) is 32.5. The Morgan fingerprint density at radius 1 is 0.756 bits per heavy atom. The van der Waals surface area contributed by atoms with Gasteiger partial charge in [0.1, 0.15) is 11.1 Å². The van der Waals surface area contributed by atoms with E-state index in [1.54, 1.807) is 18.2 Å². The predicted molar refractivity (Wildman–Crippen MR) is 176 cm³/mol. The molecular weight excluding hydrogens is 735 g/mol. The van der Waals surface area contributed by atoms with E-state index in [1.807, 2.05) is 79.0 Å². The molecule has 0 N–H and O–H groups in total. The summed E-state index contributed by atoms with van der Waals surface area (Å²) in [4.78, 5) is 13.4. The molecule has 0 aliphatic rings. The van der Waals surface area contributed by atoms with E-state index in [0.29, 0.717) is 17.4 Å². The van der Waals surface area contributed by atoms with Gasteiger partial charge in [0.05, 0.1) is 5.58 Å². The summed E-state index contributed by atoms with van der Waals surface area (Å²) < 4.78 is 34.0. The third kappa shape index (κ3) is 6.21. The third-order valence-corrected chi connectivity index (χ3v) is 7.42. The summed E-state index contributed by atoms with van der Waals surface area (Å²) in [5.41, 5.74) is 8.82. The van der Waals surface area contributed by atoms with Crippen LogP contribution < -0.4 is 0 Å². The number of oxazole rings is 1. The van der Waals surface area contributed by atoms with Crippen LogP contribution in [0.1, 0.15) is 35.0 Å². The zero-order valence-electron chi connectivity index (χ0n) is 27.5. The minimum absolute atomic E-state index is 0. The largest absolute Gasteiger partial charge is 0.500 e. The molecule has 4 heterocycles. The SMILES string of the molecule is CC(C)c1ccnc(-c2[c-]ccc3c2oc2cc4oc(-c5ccccc5)nc4cc23)c1.[2H]C([2H])([2H])c1ccc(-c2[c-]cccc2)nc1.[Ir]. The smallest absolute Gasteiger partial charge is 0.227 e. The van der Waals surface area contributed by atoms with Crippen molar-refractivity contribution in [3.8, 4) is 34.0 Å². The average Bonchev–Trinajstić information content (AvgIpc) is 3.68. The molecule has 6 heteroatoms. The molecule has 0 aliphatic carbocycles. The van der Waals surface area contributed by atoms with Gasteiger partial charge in [-0.25, -0.2) is 4.98 Å². The Hall–Kier alpha value is -4.90. The molecule has 8 rings (SSSR count). The van der Waals surface area contributed by atoms with E-state index in [-0.39, 0.29) is 25.7 Å². The van der Waals surface area contributed by atoms with Crippen molar-refractivity contribution in [1.29, 1.82) is 0 Å². The second kappa shape index (κ2) is 13.0. The van der Waals surface area contributed by atoms with E-state index in [9.17, 15) is 0 Å². The topological polar surface area (TPSA) is 65.0 Å². The molecule has 5 nitrogen and oxygen atoms in total. The molecule has 0 unspecified atom stereocenters. The van der Waals surface area contributed by atoms with Crippen LogP contribution in [0.4, 0.5) is 0 Å². The number of rotatable bonds is 4. The number of hydrogen-bond acceptors (Lipinski definition) is 5. The second-order valence-corrected chi connectivity index (χ2v) is 10.7. The molecule has 45 heavy (non-hydrogen) atoms. The van der Waals surface area contributed by atoms with Gasteiger partial charge in [0, 0.05) is 53.6 Å². The number of fused-ring (bicyclic) bond motifs is 4. The van der Waals surface area contributed by atoms with Crippen molar-refractivity contribution in [2.45, 2.75) is 26.6 Å². The first-order chi connectivity index (χ1) is 22.7. The van der Waals surface area contributed by atoms with Crippen LogP contribution in [0.15, 0.2) is 124 Å².